The van der Waals surface area contributed by atoms with Gasteiger partial charge >= 0.3 is 12.3 Å². The van der Waals surface area contributed by atoms with Crippen LogP contribution in [-0.2, 0) is 10.9 Å². The fourth-order valence-corrected chi connectivity index (χ4v) is 3.86. The Kier molecular flexibility index (Phi) is 4.49. The molecule has 1 atom stereocenters. The lowest BCUT2D eigenvalue weighted by molar-refractivity contribution is -0.137. The van der Waals surface area contributed by atoms with Gasteiger partial charge in [-0.1, -0.05) is 0 Å². The lowest BCUT2D eigenvalue weighted by Crippen LogP contribution is -2.44. The largest absolute Gasteiger partial charge is 0.441 e. The van der Waals surface area contributed by atoms with Crippen LogP contribution < -0.4 is 15.5 Å². The summed E-state index contributed by atoms with van der Waals surface area (Å²) in [5.74, 6) is 0.617. The molecule has 3 aliphatic rings. The van der Waals surface area contributed by atoms with Crippen molar-refractivity contribution in [3.63, 3.8) is 0 Å². The number of nitrogens with zero attached hydrogens (tertiary/aromatic N) is 4. The molecule has 4 heterocycles. The zero-order valence-electron chi connectivity index (χ0n) is 15.9. The molecule has 2 N–H and O–H groups in total. The van der Waals surface area contributed by atoms with E-state index in [-0.39, 0.29) is 28.9 Å². The van der Waals surface area contributed by atoms with Crippen LogP contribution in [0.5, 0.6) is 0 Å². The highest BCUT2D eigenvalue weighted by atomic mass is 19.4. The van der Waals surface area contributed by atoms with Crippen LogP contribution >= 0.6 is 0 Å². The number of nitrogens with one attached hydrogen (secondary N) is 2. The number of rotatable bonds is 3. The molecule has 0 radical (unpaired) electrons. The second kappa shape index (κ2) is 7.08. The minimum Gasteiger partial charge on any atom is -0.441 e. The lowest BCUT2D eigenvalue weighted by atomic mass is 9.99. The van der Waals surface area contributed by atoms with E-state index in [0.29, 0.717) is 31.7 Å². The molecule has 158 valence electrons. The lowest BCUT2D eigenvalue weighted by Gasteiger charge is -2.30. The summed E-state index contributed by atoms with van der Waals surface area (Å²) in [6, 6.07) is 2.06. The monoisotopic (exact) mass is 420 g/mol. The standard InChI is InChI=1S/C19H19F3N6O2/c20-19(21,22)11-7-12(26-13(8-11)28-5-3-23-4-6-28)15-14-16(10-1-2-10)30-18(29)27-17(14)25-9-24-15/h7-10,16,23H,1-6H2,(H,24,25,27,29)/t16-/m1/s1. The number of cyclic esters (lactones) is 1. The summed E-state index contributed by atoms with van der Waals surface area (Å²) in [4.78, 5) is 26.6. The number of carbonyl (C=O) groups excluding carboxylic acids is 1. The van der Waals surface area contributed by atoms with Crippen LogP contribution in [-0.4, -0.2) is 47.2 Å². The maximum atomic E-state index is 13.7. The maximum Gasteiger partial charge on any atom is 0.416 e. The molecule has 1 saturated heterocycles. The predicted octanol–water partition coefficient (Wildman–Crippen LogP) is 2.98. The van der Waals surface area contributed by atoms with Gasteiger partial charge in [0.05, 0.1) is 16.8 Å². The number of alkyl halides is 3. The predicted molar refractivity (Wildman–Crippen MR) is 101 cm³/mol. The summed E-state index contributed by atoms with van der Waals surface area (Å²) in [7, 11) is 0. The van der Waals surface area contributed by atoms with Gasteiger partial charge in [-0.15, -0.1) is 0 Å². The molecule has 8 nitrogen and oxygen atoms in total. The topological polar surface area (TPSA) is 92.3 Å². The second-order valence-electron chi connectivity index (χ2n) is 7.61. The van der Waals surface area contributed by atoms with E-state index in [2.05, 4.69) is 25.6 Å². The van der Waals surface area contributed by atoms with Gasteiger partial charge in [0.15, 0.2) is 0 Å². The Labute approximate surface area is 169 Å². The van der Waals surface area contributed by atoms with Crippen molar-refractivity contribution < 1.29 is 22.7 Å². The summed E-state index contributed by atoms with van der Waals surface area (Å²) in [6.07, 6.45) is -2.79. The van der Waals surface area contributed by atoms with Gasteiger partial charge < -0.3 is 15.0 Å². The van der Waals surface area contributed by atoms with Gasteiger partial charge in [0, 0.05) is 32.1 Å². The highest BCUT2D eigenvalue weighted by Gasteiger charge is 2.42. The molecular weight excluding hydrogens is 401 g/mol. The summed E-state index contributed by atoms with van der Waals surface area (Å²) in [5.41, 5.74) is 0.0246. The van der Waals surface area contributed by atoms with Crippen LogP contribution in [0.25, 0.3) is 11.4 Å². The number of hydrogen-bond donors (Lipinski definition) is 2. The van der Waals surface area contributed by atoms with Crippen molar-refractivity contribution in [2.45, 2.75) is 25.1 Å². The zero-order valence-corrected chi connectivity index (χ0v) is 15.9. The van der Waals surface area contributed by atoms with E-state index in [1.807, 2.05) is 4.90 Å². The Morgan fingerprint density at radius 1 is 1.13 bits per heavy atom. The van der Waals surface area contributed by atoms with Gasteiger partial charge in [0.1, 0.15) is 29.8 Å². The van der Waals surface area contributed by atoms with Crippen molar-refractivity contribution in [2.75, 3.05) is 36.4 Å². The summed E-state index contributed by atoms with van der Waals surface area (Å²) >= 11 is 0. The Morgan fingerprint density at radius 3 is 2.60 bits per heavy atom. The molecule has 2 aromatic heterocycles. The number of aromatic nitrogens is 3. The minimum atomic E-state index is -4.53. The minimum absolute atomic E-state index is 0.0856. The van der Waals surface area contributed by atoms with E-state index in [4.69, 9.17) is 4.74 Å². The fraction of sp³-hybridized carbons (Fsp3) is 0.474. The summed E-state index contributed by atoms with van der Waals surface area (Å²) < 4.78 is 46.4. The fourth-order valence-electron chi connectivity index (χ4n) is 3.86. The first-order valence-corrected chi connectivity index (χ1v) is 9.78. The third kappa shape index (κ3) is 3.53. The first-order chi connectivity index (χ1) is 14.4. The number of pyridine rings is 1. The third-order valence-corrected chi connectivity index (χ3v) is 5.50. The SMILES string of the molecule is O=C1Nc2ncnc(-c3cc(C(F)(F)F)cc(N4CCNCC4)n3)c2[C@@H](C2CC2)O1. The van der Waals surface area contributed by atoms with E-state index in [9.17, 15) is 18.0 Å². The average Bonchev–Trinajstić information content (AvgIpc) is 3.57. The number of halogens is 3. The molecule has 1 amide bonds. The number of fused-ring (bicyclic) bond motifs is 1. The van der Waals surface area contributed by atoms with Crippen LogP contribution in [0.3, 0.4) is 0 Å². The van der Waals surface area contributed by atoms with Crippen molar-refractivity contribution in [1.29, 1.82) is 0 Å². The van der Waals surface area contributed by atoms with Gasteiger partial charge in [0.25, 0.3) is 0 Å². The van der Waals surface area contributed by atoms with Crippen molar-refractivity contribution in [3.8, 4) is 11.4 Å². The molecule has 2 aromatic rings. The second-order valence-corrected chi connectivity index (χ2v) is 7.61. The highest BCUT2D eigenvalue weighted by Crippen LogP contribution is 2.49. The average molecular weight is 420 g/mol. The van der Waals surface area contributed by atoms with Crippen molar-refractivity contribution >= 4 is 17.7 Å². The molecule has 30 heavy (non-hydrogen) atoms. The van der Waals surface area contributed by atoms with Crippen LogP contribution in [0.15, 0.2) is 18.5 Å². The quantitative estimate of drug-likeness (QED) is 0.789. The van der Waals surface area contributed by atoms with Gasteiger partial charge in [-0.25, -0.2) is 19.7 Å². The number of anilines is 2. The van der Waals surface area contributed by atoms with E-state index >= 15 is 0 Å². The smallest absolute Gasteiger partial charge is 0.416 e. The van der Waals surface area contributed by atoms with E-state index in [1.165, 1.54) is 6.33 Å². The molecule has 2 fully saturated rings. The third-order valence-electron chi connectivity index (χ3n) is 5.50. The molecule has 5 rings (SSSR count). The Bertz CT molecular complexity index is 989. The highest BCUT2D eigenvalue weighted by molar-refractivity contribution is 5.88. The van der Waals surface area contributed by atoms with E-state index in [0.717, 1.165) is 25.0 Å². The Hall–Kier alpha value is -2.95. The molecule has 11 heteroatoms. The zero-order chi connectivity index (χ0) is 20.9. The number of hydrogen-bond acceptors (Lipinski definition) is 7. The molecule has 0 aromatic carbocycles. The van der Waals surface area contributed by atoms with E-state index < -0.39 is 23.9 Å². The van der Waals surface area contributed by atoms with Gasteiger partial charge in [-0.05, 0) is 25.0 Å². The number of ether oxygens (including phenoxy) is 1. The van der Waals surface area contributed by atoms with Crippen LogP contribution in [0.1, 0.15) is 30.1 Å². The number of piperazine rings is 1. The maximum absolute atomic E-state index is 13.7. The Morgan fingerprint density at radius 2 is 1.90 bits per heavy atom. The molecule has 0 spiro atoms. The summed E-state index contributed by atoms with van der Waals surface area (Å²) in [6.45, 7) is 2.44. The molecule has 2 aliphatic heterocycles. The van der Waals surface area contributed by atoms with Crippen molar-refractivity contribution in [2.24, 2.45) is 5.92 Å². The van der Waals surface area contributed by atoms with Crippen molar-refractivity contribution in [1.82, 2.24) is 20.3 Å². The van der Waals surface area contributed by atoms with Crippen LogP contribution in [0.4, 0.5) is 29.6 Å². The van der Waals surface area contributed by atoms with Gasteiger partial charge in [-0.3, -0.25) is 5.32 Å². The first kappa shape index (κ1) is 19.0. The summed E-state index contributed by atoms with van der Waals surface area (Å²) in [5, 5.41) is 5.70. The number of carbonyl (C=O) groups is 1. The normalized spacial score (nSPS) is 21.6. The van der Waals surface area contributed by atoms with Crippen LogP contribution in [0, 0.1) is 5.92 Å². The molecule has 1 saturated carbocycles. The number of amides is 1. The first-order valence-electron chi connectivity index (χ1n) is 9.78. The van der Waals surface area contributed by atoms with E-state index in [1.54, 1.807) is 0 Å². The molecule has 0 bridgehead atoms. The molecule has 0 unspecified atom stereocenters. The van der Waals surface area contributed by atoms with Gasteiger partial charge in [0.2, 0.25) is 0 Å². The molecule has 1 aliphatic carbocycles. The van der Waals surface area contributed by atoms with Gasteiger partial charge in [-0.2, -0.15) is 13.2 Å². The Balaban J connectivity index is 1.65. The molecular formula is C19H19F3N6O2. The van der Waals surface area contributed by atoms with Crippen molar-refractivity contribution in [3.05, 3.63) is 29.6 Å². The van der Waals surface area contributed by atoms with Crippen LogP contribution in [0.2, 0.25) is 0 Å².